The van der Waals surface area contributed by atoms with Crippen LogP contribution in [0.4, 0.5) is 11.4 Å². The zero-order chi connectivity index (χ0) is 15.0. The number of benzene rings is 1. The third-order valence-corrected chi connectivity index (χ3v) is 2.74. The molecule has 0 aliphatic heterocycles. The first-order valence-electron chi connectivity index (χ1n) is 6.44. The molecule has 0 aliphatic rings. The van der Waals surface area contributed by atoms with Crippen LogP contribution in [0, 0.1) is 0 Å². The highest BCUT2D eigenvalue weighted by molar-refractivity contribution is 5.99. The van der Waals surface area contributed by atoms with E-state index in [0.717, 1.165) is 5.69 Å². The molecule has 0 heterocycles. The lowest BCUT2D eigenvalue weighted by Gasteiger charge is -2.09. The number of rotatable bonds is 8. The third kappa shape index (κ3) is 5.27. The summed E-state index contributed by atoms with van der Waals surface area (Å²) in [5, 5.41) is 5.82. The van der Waals surface area contributed by atoms with Crippen molar-refractivity contribution in [2.24, 2.45) is 0 Å². The van der Waals surface area contributed by atoms with Crippen molar-refractivity contribution in [2.45, 2.75) is 13.3 Å². The molecule has 0 saturated heterocycles. The molecule has 0 atom stereocenters. The Bertz CT molecular complexity index is 475. The van der Waals surface area contributed by atoms with Gasteiger partial charge in [-0.2, -0.15) is 0 Å². The van der Waals surface area contributed by atoms with Gasteiger partial charge in [0.2, 0.25) is 5.91 Å². The molecule has 6 nitrogen and oxygen atoms in total. The highest BCUT2D eigenvalue weighted by atomic mass is 16.5. The lowest BCUT2D eigenvalue weighted by Crippen LogP contribution is -2.28. The average Bonchev–Trinajstić information content (AvgIpc) is 2.38. The summed E-state index contributed by atoms with van der Waals surface area (Å²) in [5.41, 5.74) is 7.51. The number of nitrogens with two attached hydrogens (primary N) is 1. The van der Waals surface area contributed by atoms with Crippen LogP contribution >= 0.6 is 0 Å². The molecule has 110 valence electrons. The Hall–Kier alpha value is -2.08. The minimum atomic E-state index is -0.0634. The molecule has 1 amide bonds. The zero-order valence-corrected chi connectivity index (χ0v) is 11.9. The van der Waals surface area contributed by atoms with Crippen LogP contribution in [-0.2, 0) is 9.53 Å². The number of carbonyl (C=O) groups excluding carboxylic acids is 2. The second-order valence-corrected chi connectivity index (χ2v) is 4.38. The van der Waals surface area contributed by atoms with E-state index in [0.29, 0.717) is 37.4 Å². The number of anilines is 2. The number of hydrogen-bond acceptors (Lipinski definition) is 5. The summed E-state index contributed by atoms with van der Waals surface area (Å²) in [6, 6.07) is 5.15. The Morgan fingerprint density at radius 2 is 2.05 bits per heavy atom. The van der Waals surface area contributed by atoms with Crippen molar-refractivity contribution in [1.82, 2.24) is 5.32 Å². The molecule has 0 fully saturated rings. The molecule has 6 heteroatoms. The summed E-state index contributed by atoms with van der Waals surface area (Å²) < 4.78 is 4.84. The van der Waals surface area contributed by atoms with Crippen molar-refractivity contribution < 1.29 is 14.3 Å². The fraction of sp³-hybridized carbons (Fsp3) is 0.429. The molecule has 20 heavy (non-hydrogen) atoms. The lowest BCUT2D eigenvalue weighted by atomic mass is 10.1. The summed E-state index contributed by atoms with van der Waals surface area (Å²) in [6.45, 7) is 2.98. The molecule has 0 aliphatic carbocycles. The van der Waals surface area contributed by atoms with Crippen LogP contribution in [-0.4, -0.2) is 38.5 Å². The molecule has 4 N–H and O–H groups in total. The first-order chi connectivity index (χ1) is 9.54. The van der Waals surface area contributed by atoms with Gasteiger partial charge in [0.25, 0.3) is 0 Å². The van der Waals surface area contributed by atoms with Crippen LogP contribution in [0.3, 0.4) is 0 Å². The Morgan fingerprint density at radius 1 is 1.30 bits per heavy atom. The molecule has 1 aromatic carbocycles. The van der Waals surface area contributed by atoms with Crippen molar-refractivity contribution in [3.05, 3.63) is 23.8 Å². The quantitative estimate of drug-likeness (QED) is 0.375. The van der Waals surface area contributed by atoms with Crippen molar-refractivity contribution >= 4 is 23.1 Å². The number of methoxy groups -OCH3 is 1. The van der Waals surface area contributed by atoms with Gasteiger partial charge in [-0.25, -0.2) is 0 Å². The summed E-state index contributed by atoms with van der Waals surface area (Å²) in [7, 11) is 1.59. The van der Waals surface area contributed by atoms with Gasteiger partial charge in [0, 0.05) is 43.6 Å². The number of ketones is 1. The SMILES string of the molecule is COCCNC(=O)CCNc1ccc(C(C)=O)c(N)c1. The monoisotopic (exact) mass is 279 g/mol. The van der Waals surface area contributed by atoms with Crippen molar-refractivity contribution in [2.75, 3.05) is 37.9 Å². The third-order valence-electron chi connectivity index (χ3n) is 2.74. The van der Waals surface area contributed by atoms with Crippen LogP contribution in [0.2, 0.25) is 0 Å². The van der Waals surface area contributed by atoms with Crippen molar-refractivity contribution in [3.63, 3.8) is 0 Å². The zero-order valence-electron chi connectivity index (χ0n) is 11.9. The van der Waals surface area contributed by atoms with E-state index >= 15 is 0 Å². The normalized spacial score (nSPS) is 10.1. The number of ether oxygens (including phenoxy) is 1. The number of Topliss-reactive ketones (excluding diaryl/α,β-unsaturated/α-hetero) is 1. The van der Waals surface area contributed by atoms with Crippen LogP contribution in [0.15, 0.2) is 18.2 Å². The Morgan fingerprint density at radius 3 is 2.65 bits per heavy atom. The van der Waals surface area contributed by atoms with Gasteiger partial charge in [-0.15, -0.1) is 0 Å². The van der Waals surface area contributed by atoms with Crippen LogP contribution in [0.5, 0.6) is 0 Å². The van der Waals surface area contributed by atoms with E-state index in [9.17, 15) is 9.59 Å². The number of nitrogen functional groups attached to an aromatic ring is 1. The maximum absolute atomic E-state index is 11.4. The Balaban J connectivity index is 2.37. The molecule has 0 radical (unpaired) electrons. The van der Waals surface area contributed by atoms with E-state index in [1.165, 1.54) is 6.92 Å². The minimum Gasteiger partial charge on any atom is -0.398 e. The van der Waals surface area contributed by atoms with Gasteiger partial charge in [0.1, 0.15) is 0 Å². The van der Waals surface area contributed by atoms with E-state index < -0.39 is 0 Å². The standard InChI is InChI=1S/C14H21N3O3/c1-10(18)12-4-3-11(9-13(12)15)16-6-5-14(19)17-7-8-20-2/h3-4,9,16H,5-8,15H2,1-2H3,(H,17,19). The van der Waals surface area contributed by atoms with E-state index in [4.69, 9.17) is 10.5 Å². The average molecular weight is 279 g/mol. The van der Waals surface area contributed by atoms with Crippen LogP contribution < -0.4 is 16.4 Å². The molecule has 1 rings (SSSR count). The second kappa shape index (κ2) is 8.16. The van der Waals surface area contributed by atoms with Crippen LogP contribution in [0.25, 0.3) is 0 Å². The van der Waals surface area contributed by atoms with E-state index in [1.807, 2.05) is 0 Å². The minimum absolute atomic E-state index is 0.0390. The molecule has 0 unspecified atom stereocenters. The number of nitrogens with one attached hydrogen (secondary N) is 2. The summed E-state index contributed by atoms with van der Waals surface area (Å²) >= 11 is 0. The maximum Gasteiger partial charge on any atom is 0.221 e. The van der Waals surface area contributed by atoms with Crippen LogP contribution in [0.1, 0.15) is 23.7 Å². The molecule has 0 aromatic heterocycles. The van der Waals surface area contributed by atoms with E-state index in [-0.39, 0.29) is 11.7 Å². The largest absolute Gasteiger partial charge is 0.398 e. The second-order valence-electron chi connectivity index (χ2n) is 4.38. The van der Waals surface area contributed by atoms with Gasteiger partial charge in [0.05, 0.1) is 6.61 Å². The first-order valence-corrected chi connectivity index (χ1v) is 6.44. The summed E-state index contributed by atoms with van der Waals surface area (Å²) in [6.07, 6.45) is 0.359. The Labute approximate surface area is 118 Å². The fourth-order valence-electron chi connectivity index (χ4n) is 1.69. The van der Waals surface area contributed by atoms with Gasteiger partial charge >= 0.3 is 0 Å². The van der Waals surface area contributed by atoms with Crippen molar-refractivity contribution in [3.8, 4) is 0 Å². The van der Waals surface area contributed by atoms with Crippen molar-refractivity contribution in [1.29, 1.82) is 0 Å². The van der Waals surface area contributed by atoms with E-state index in [2.05, 4.69) is 10.6 Å². The summed E-state index contributed by atoms with van der Waals surface area (Å²) in [5.74, 6) is -0.102. The lowest BCUT2D eigenvalue weighted by molar-refractivity contribution is -0.121. The predicted octanol–water partition coefficient (Wildman–Crippen LogP) is 1.04. The summed E-state index contributed by atoms with van der Waals surface area (Å²) in [4.78, 5) is 22.7. The van der Waals surface area contributed by atoms with Gasteiger partial charge in [-0.1, -0.05) is 0 Å². The predicted molar refractivity (Wildman–Crippen MR) is 78.9 cm³/mol. The molecular formula is C14H21N3O3. The van der Waals surface area contributed by atoms with Gasteiger partial charge in [0.15, 0.2) is 5.78 Å². The molecule has 0 spiro atoms. The molecule has 1 aromatic rings. The van der Waals surface area contributed by atoms with Gasteiger partial charge < -0.3 is 21.1 Å². The van der Waals surface area contributed by atoms with Gasteiger partial charge in [-0.3, -0.25) is 9.59 Å². The first kappa shape index (κ1) is 16.0. The number of carbonyl (C=O) groups is 2. The number of hydrogen-bond donors (Lipinski definition) is 3. The highest BCUT2D eigenvalue weighted by Gasteiger charge is 2.05. The maximum atomic E-state index is 11.4. The molecule has 0 saturated carbocycles. The number of amides is 1. The van der Waals surface area contributed by atoms with Gasteiger partial charge in [-0.05, 0) is 25.1 Å². The topological polar surface area (TPSA) is 93.5 Å². The van der Waals surface area contributed by atoms with E-state index in [1.54, 1.807) is 25.3 Å². The smallest absolute Gasteiger partial charge is 0.221 e. The highest BCUT2D eigenvalue weighted by Crippen LogP contribution is 2.18. The Kier molecular flexibility index (Phi) is 6.52. The molecule has 0 bridgehead atoms. The fourth-order valence-corrected chi connectivity index (χ4v) is 1.69. The molecular weight excluding hydrogens is 258 g/mol.